The summed E-state index contributed by atoms with van der Waals surface area (Å²) in [5.74, 6) is 0.0312. The van der Waals surface area contributed by atoms with Crippen LogP contribution in [0.4, 0.5) is 0 Å². The van der Waals surface area contributed by atoms with E-state index in [1.165, 1.54) is 0 Å². The highest BCUT2D eigenvalue weighted by molar-refractivity contribution is 6.30. The molecule has 0 bridgehead atoms. The third kappa shape index (κ3) is 4.36. The van der Waals surface area contributed by atoms with Crippen molar-refractivity contribution in [2.24, 2.45) is 5.41 Å². The van der Waals surface area contributed by atoms with Crippen LogP contribution in [0.25, 0.3) is 11.3 Å². The number of rotatable bonds is 5. The lowest BCUT2D eigenvalue weighted by molar-refractivity contribution is 0.0247. The highest BCUT2D eigenvalue weighted by Crippen LogP contribution is 2.34. The lowest BCUT2D eigenvalue weighted by Gasteiger charge is -2.41. The number of aliphatic hydroxyl groups is 1. The molecule has 0 spiro atoms. The second-order valence-corrected chi connectivity index (χ2v) is 8.17. The number of nitrogens with zero attached hydrogens (tertiary/aromatic N) is 2. The maximum Gasteiger partial charge on any atom is 0.292 e. The fourth-order valence-corrected chi connectivity index (χ4v) is 4.28. The normalized spacial score (nSPS) is 19.3. The summed E-state index contributed by atoms with van der Waals surface area (Å²) in [6.07, 6.45) is 2.34. The first-order valence-corrected chi connectivity index (χ1v) is 10.1. The number of aromatic nitrogens is 1. The molecule has 1 aromatic heterocycles. The molecular formula is C23H23ClN2O3. The van der Waals surface area contributed by atoms with Crippen molar-refractivity contribution in [1.29, 1.82) is 0 Å². The largest absolute Gasteiger partial charge is 0.396 e. The average molecular weight is 411 g/mol. The van der Waals surface area contributed by atoms with Gasteiger partial charge in [-0.1, -0.05) is 59.2 Å². The Kier molecular flexibility index (Phi) is 5.69. The summed E-state index contributed by atoms with van der Waals surface area (Å²) in [7, 11) is 0. The molecule has 0 saturated carbocycles. The van der Waals surface area contributed by atoms with Gasteiger partial charge in [-0.2, -0.15) is 0 Å². The summed E-state index contributed by atoms with van der Waals surface area (Å²) in [6, 6.07) is 19.0. The molecular weight excluding hydrogens is 388 g/mol. The summed E-state index contributed by atoms with van der Waals surface area (Å²) in [5, 5.41) is 14.9. The predicted octanol–water partition coefficient (Wildman–Crippen LogP) is 4.45. The topological polar surface area (TPSA) is 66.6 Å². The third-order valence-corrected chi connectivity index (χ3v) is 5.78. The smallest absolute Gasteiger partial charge is 0.292 e. The van der Waals surface area contributed by atoms with Crippen molar-refractivity contribution in [1.82, 2.24) is 10.1 Å². The third-order valence-electron chi connectivity index (χ3n) is 5.54. The van der Waals surface area contributed by atoms with Gasteiger partial charge in [0.1, 0.15) is 5.69 Å². The minimum absolute atomic E-state index is 0.00889. The molecule has 1 fully saturated rings. The van der Waals surface area contributed by atoms with Gasteiger partial charge in [-0.25, -0.2) is 0 Å². The zero-order valence-electron chi connectivity index (χ0n) is 16.1. The molecule has 1 N–H and O–H groups in total. The van der Waals surface area contributed by atoms with E-state index in [0.717, 1.165) is 24.0 Å². The quantitative estimate of drug-likeness (QED) is 0.674. The lowest BCUT2D eigenvalue weighted by atomic mass is 9.75. The van der Waals surface area contributed by atoms with E-state index in [0.29, 0.717) is 30.2 Å². The van der Waals surface area contributed by atoms with E-state index in [1.54, 1.807) is 11.0 Å². The summed E-state index contributed by atoms with van der Waals surface area (Å²) in [5.41, 5.74) is 2.21. The Bertz CT molecular complexity index is 989. The van der Waals surface area contributed by atoms with Crippen LogP contribution in [0.1, 0.15) is 29.0 Å². The van der Waals surface area contributed by atoms with Gasteiger partial charge in [-0.05, 0) is 37.0 Å². The van der Waals surface area contributed by atoms with Crippen molar-refractivity contribution in [3.05, 3.63) is 77.0 Å². The van der Waals surface area contributed by atoms with Gasteiger partial charge in [0.2, 0.25) is 5.76 Å². The van der Waals surface area contributed by atoms with Crippen LogP contribution in [0.3, 0.4) is 0 Å². The van der Waals surface area contributed by atoms with Gasteiger partial charge in [0.05, 0.1) is 6.61 Å². The maximum absolute atomic E-state index is 13.0. The van der Waals surface area contributed by atoms with Gasteiger partial charge in [0.15, 0.2) is 0 Å². The van der Waals surface area contributed by atoms with Crippen molar-refractivity contribution in [2.45, 2.75) is 19.3 Å². The molecule has 1 unspecified atom stereocenters. The first-order chi connectivity index (χ1) is 14.1. The van der Waals surface area contributed by atoms with E-state index in [1.807, 2.05) is 54.6 Å². The number of carbonyl (C=O) groups is 1. The first kappa shape index (κ1) is 19.7. The van der Waals surface area contributed by atoms with E-state index in [-0.39, 0.29) is 23.7 Å². The molecule has 2 heterocycles. The Morgan fingerprint density at radius 1 is 1.17 bits per heavy atom. The lowest BCUT2D eigenvalue weighted by Crippen LogP contribution is -2.48. The average Bonchev–Trinajstić information content (AvgIpc) is 3.24. The molecule has 5 nitrogen and oxygen atoms in total. The number of aliphatic hydroxyl groups excluding tert-OH is 1. The van der Waals surface area contributed by atoms with Crippen LogP contribution in [0.2, 0.25) is 5.02 Å². The molecule has 29 heavy (non-hydrogen) atoms. The number of halogens is 1. The molecule has 1 saturated heterocycles. The van der Waals surface area contributed by atoms with Gasteiger partial charge < -0.3 is 14.5 Å². The number of hydrogen-bond acceptors (Lipinski definition) is 4. The molecule has 0 aliphatic carbocycles. The highest BCUT2D eigenvalue weighted by Gasteiger charge is 2.38. The van der Waals surface area contributed by atoms with Crippen LogP contribution in [-0.4, -0.2) is 40.8 Å². The van der Waals surface area contributed by atoms with Crippen molar-refractivity contribution < 1.29 is 14.4 Å². The van der Waals surface area contributed by atoms with E-state index in [2.05, 4.69) is 5.16 Å². The summed E-state index contributed by atoms with van der Waals surface area (Å²) >= 11 is 6.12. The summed E-state index contributed by atoms with van der Waals surface area (Å²) < 4.78 is 5.35. The van der Waals surface area contributed by atoms with E-state index in [9.17, 15) is 9.90 Å². The highest BCUT2D eigenvalue weighted by atomic mass is 35.5. The Morgan fingerprint density at radius 2 is 2.00 bits per heavy atom. The van der Waals surface area contributed by atoms with Crippen LogP contribution in [0, 0.1) is 5.41 Å². The number of piperidine rings is 1. The SMILES string of the molecule is O=C(c1cc(-c2ccccc2)no1)N1CCCC(CO)(Cc2cccc(Cl)c2)C1. The fraction of sp³-hybridized carbons (Fsp3) is 0.304. The monoisotopic (exact) mass is 410 g/mol. The molecule has 2 aromatic carbocycles. The Labute approximate surface area is 174 Å². The van der Waals surface area contributed by atoms with Crippen LogP contribution < -0.4 is 0 Å². The van der Waals surface area contributed by atoms with Crippen LogP contribution in [0.15, 0.2) is 65.2 Å². The molecule has 0 radical (unpaired) electrons. The van der Waals surface area contributed by atoms with Gasteiger partial charge in [-0.15, -0.1) is 0 Å². The molecule has 6 heteroatoms. The zero-order valence-corrected chi connectivity index (χ0v) is 16.8. The van der Waals surface area contributed by atoms with Crippen molar-refractivity contribution in [2.75, 3.05) is 19.7 Å². The number of likely N-dealkylation sites (tertiary alicyclic amines) is 1. The standard InChI is InChI=1S/C23H23ClN2O3/c24-19-9-4-6-17(12-19)14-23(16-27)10-5-11-26(15-23)22(28)21-13-20(25-29-21)18-7-2-1-3-8-18/h1-4,6-9,12-13,27H,5,10-11,14-16H2. The van der Waals surface area contributed by atoms with Gasteiger partial charge in [-0.3, -0.25) is 4.79 Å². The van der Waals surface area contributed by atoms with E-state index in [4.69, 9.17) is 16.1 Å². The molecule has 1 aliphatic heterocycles. The van der Waals surface area contributed by atoms with Crippen molar-refractivity contribution in [3.63, 3.8) is 0 Å². The molecule has 4 rings (SSSR count). The van der Waals surface area contributed by atoms with E-state index < -0.39 is 0 Å². The number of benzene rings is 2. The van der Waals surface area contributed by atoms with Crippen molar-refractivity contribution in [3.8, 4) is 11.3 Å². The Hall–Kier alpha value is -2.63. The molecule has 1 aliphatic rings. The molecule has 3 aromatic rings. The van der Waals surface area contributed by atoms with Crippen LogP contribution in [-0.2, 0) is 6.42 Å². The van der Waals surface area contributed by atoms with Gasteiger partial charge in [0.25, 0.3) is 5.91 Å². The molecule has 1 amide bonds. The minimum atomic E-state index is -0.388. The minimum Gasteiger partial charge on any atom is -0.396 e. The number of hydrogen-bond donors (Lipinski definition) is 1. The van der Waals surface area contributed by atoms with Crippen LogP contribution in [0.5, 0.6) is 0 Å². The van der Waals surface area contributed by atoms with Crippen LogP contribution >= 0.6 is 11.6 Å². The molecule has 1 atom stereocenters. The maximum atomic E-state index is 13.0. The van der Waals surface area contributed by atoms with Crippen molar-refractivity contribution >= 4 is 17.5 Å². The number of amides is 1. The molecule has 150 valence electrons. The van der Waals surface area contributed by atoms with E-state index >= 15 is 0 Å². The summed E-state index contributed by atoms with van der Waals surface area (Å²) in [6.45, 7) is 1.11. The number of carbonyl (C=O) groups excluding carboxylic acids is 1. The van der Waals surface area contributed by atoms with Gasteiger partial charge in [0, 0.05) is 35.2 Å². The second kappa shape index (κ2) is 8.39. The second-order valence-electron chi connectivity index (χ2n) is 7.74. The fourth-order valence-electron chi connectivity index (χ4n) is 4.07. The first-order valence-electron chi connectivity index (χ1n) is 9.75. The Balaban J connectivity index is 1.51. The Morgan fingerprint density at radius 3 is 2.76 bits per heavy atom. The zero-order chi connectivity index (χ0) is 20.3. The predicted molar refractivity (Wildman–Crippen MR) is 112 cm³/mol. The van der Waals surface area contributed by atoms with Gasteiger partial charge >= 0.3 is 0 Å². The summed E-state index contributed by atoms with van der Waals surface area (Å²) in [4.78, 5) is 14.8.